The molecule has 6 nitrogen and oxygen atoms in total. The molecular formula is C14H10FN3O3. The van der Waals surface area contributed by atoms with Crippen LogP contribution in [0.5, 0.6) is 11.5 Å². The number of hydrogen-bond acceptors (Lipinski definition) is 5. The molecule has 0 aliphatic carbocycles. The number of rotatable bonds is 4. The molecule has 0 spiro atoms. The lowest BCUT2D eigenvalue weighted by Gasteiger charge is -2.08. The zero-order valence-electron chi connectivity index (χ0n) is 10.7. The molecule has 0 aliphatic rings. The molecule has 106 valence electrons. The largest absolute Gasteiger partial charge is 0.447 e. The summed E-state index contributed by atoms with van der Waals surface area (Å²) in [5.74, 6) is -0.963. The van der Waals surface area contributed by atoms with E-state index in [0.717, 1.165) is 6.07 Å². The Morgan fingerprint density at radius 3 is 2.57 bits per heavy atom. The molecule has 0 saturated carbocycles. The molecule has 0 amide bonds. The number of ether oxygens (including phenoxy) is 1. The van der Waals surface area contributed by atoms with Crippen molar-refractivity contribution >= 4 is 5.69 Å². The van der Waals surface area contributed by atoms with Gasteiger partial charge in [0.2, 0.25) is 5.75 Å². The minimum absolute atomic E-state index is 0.119. The summed E-state index contributed by atoms with van der Waals surface area (Å²) in [7, 11) is 0. The third kappa shape index (κ3) is 3.13. The van der Waals surface area contributed by atoms with Gasteiger partial charge in [-0.3, -0.25) is 10.1 Å². The summed E-state index contributed by atoms with van der Waals surface area (Å²) in [4.78, 5) is 10.3. The van der Waals surface area contributed by atoms with E-state index in [9.17, 15) is 14.5 Å². The summed E-state index contributed by atoms with van der Waals surface area (Å²) in [6.07, 6.45) is 0. The van der Waals surface area contributed by atoms with Crippen molar-refractivity contribution < 1.29 is 14.1 Å². The Hall–Kier alpha value is -2.98. The first-order chi connectivity index (χ1) is 10.0. The van der Waals surface area contributed by atoms with Crippen LogP contribution in [0.2, 0.25) is 0 Å². The third-order valence-electron chi connectivity index (χ3n) is 2.74. The predicted octanol–water partition coefficient (Wildman–Crippen LogP) is 2.86. The molecule has 2 aromatic carbocycles. The Labute approximate surface area is 119 Å². The van der Waals surface area contributed by atoms with Crippen molar-refractivity contribution in [1.29, 1.82) is 5.26 Å². The van der Waals surface area contributed by atoms with Crippen molar-refractivity contribution in [2.75, 3.05) is 0 Å². The molecule has 0 saturated heterocycles. The van der Waals surface area contributed by atoms with Gasteiger partial charge in [0.1, 0.15) is 0 Å². The molecule has 0 atom stereocenters. The van der Waals surface area contributed by atoms with Crippen LogP contribution in [0.4, 0.5) is 10.1 Å². The van der Waals surface area contributed by atoms with E-state index in [0.29, 0.717) is 5.56 Å². The highest BCUT2D eigenvalue weighted by Gasteiger charge is 2.18. The fourth-order valence-electron chi connectivity index (χ4n) is 1.69. The minimum atomic E-state index is -0.692. The van der Waals surface area contributed by atoms with Crippen LogP contribution in [0.15, 0.2) is 36.4 Å². The van der Waals surface area contributed by atoms with Crippen LogP contribution in [-0.4, -0.2) is 4.92 Å². The average molecular weight is 287 g/mol. The van der Waals surface area contributed by atoms with Crippen molar-refractivity contribution in [2.45, 2.75) is 6.54 Å². The number of nitro groups is 1. The molecule has 0 bridgehead atoms. The first kappa shape index (κ1) is 14.4. The number of nitriles is 1. The highest BCUT2D eigenvalue weighted by Crippen LogP contribution is 2.33. The van der Waals surface area contributed by atoms with Gasteiger partial charge in [-0.1, -0.05) is 6.07 Å². The predicted molar refractivity (Wildman–Crippen MR) is 72.2 cm³/mol. The van der Waals surface area contributed by atoms with Gasteiger partial charge < -0.3 is 10.5 Å². The Morgan fingerprint density at radius 1 is 1.29 bits per heavy atom. The lowest BCUT2D eigenvalue weighted by molar-refractivity contribution is -0.385. The second kappa shape index (κ2) is 5.98. The molecule has 2 N–H and O–H groups in total. The van der Waals surface area contributed by atoms with Crippen LogP contribution in [0.25, 0.3) is 0 Å². The summed E-state index contributed by atoms with van der Waals surface area (Å²) < 4.78 is 19.0. The molecule has 0 heterocycles. The lowest BCUT2D eigenvalue weighted by atomic mass is 10.2. The number of nitro benzene ring substituents is 1. The molecule has 2 rings (SSSR count). The minimum Gasteiger partial charge on any atom is -0.447 e. The first-order valence-corrected chi connectivity index (χ1v) is 5.90. The Balaban J connectivity index is 2.40. The quantitative estimate of drug-likeness (QED) is 0.688. The van der Waals surface area contributed by atoms with Gasteiger partial charge in [0, 0.05) is 12.6 Å². The number of hydrogen-bond donors (Lipinski definition) is 1. The van der Waals surface area contributed by atoms with E-state index in [2.05, 4.69) is 0 Å². The second-order valence-electron chi connectivity index (χ2n) is 4.12. The summed E-state index contributed by atoms with van der Waals surface area (Å²) in [5, 5.41) is 19.7. The van der Waals surface area contributed by atoms with E-state index < -0.39 is 16.4 Å². The Morgan fingerprint density at radius 2 is 2.00 bits per heavy atom. The summed E-state index contributed by atoms with van der Waals surface area (Å²) in [6.45, 7) is 0.175. The normalized spacial score (nSPS) is 9.95. The van der Waals surface area contributed by atoms with Crippen LogP contribution in [0, 0.1) is 27.3 Å². The zero-order chi connectivity index (χ0) is 15.4. The standard InChI is InChI=1S/C14H10FN3O3/c15-11-5-9(7-16)1-3-13(11)21-14-4-2-10(8-17)6-12(14)18(19)20/h1-6H,7,16H2. The number of halogens is 1. The molecule has 0 aliphatic heterocycles. The van der Waals surface area contributed by atoms with Gasteiger partial charge >= 0.3 is 5.69 Å². The molecule has 0 fully saturated rings. The van der Waals surface area contributed by atoms with E-state index >= 15 is 0 Å². The average Bonchev–Trinajstić information content (AvgIpc) is 2.49. The van der Waals surface area contributed by atoms with Gasteiger partial charge in [0.15, 0.2) is 11.6 Å². The van der Waals surface area contributed by atoms with Gasteiger partial charge in [0.05, 0.1) is 16.6 Å². The van der Waals surface area contributed by atoms with E-state index in [1.165, 1.54) is 24.3 Å². The summed E-state index contributed by atoms with van der Waals surface area (Å²) in [5.41, 5.74) is 5.68. The second-order valence-corrected chi connectivity index (χ2v) is 4.12. The maximum Gasteiger partial charge on any atom is 0.312 e. The van der Waals surface area contributed by atoms with E-state index in [-0.39, 0.29) is 23.6 Å². The maximum absolute atomic E-state index is 13.8. The third-order valence-corrected chi connectivity index (χ3v) is 2.74. The van der Waals surface area contributed by atoms with Crippen LogP contribution in [-0.2, 0) is 6.54 Å². The van der Waals surface area contributed by atoms with E-state index in [1.807, 2.05) is 0 Å². The summed E-state index contributed by atoms with van der Waals surface area (Å²) >= 11 is 0. The van der Waals surface area contributed by atoms with Crippen molar-refractivity contribution in [3.05, 3.63) is 63.5 Å². The molecular weight excluding hydrogens is 277 g/mol. The van der Waals surface area contributed by atoms with Crippen molar-refractivity contribution in [1.82, 2.24) is 0 Å². The van der Waals surface area contributed by atoms with Gasteiger partial charge in [-0.2, -0.15) is 5.26 Å². The molecule has 7 heteroatoms. The summed E-state index contributed by atoms with van der Waals surface area (Å²) in [6, 6.07) is 9.58. The van der Waals surface area contributed by atoms with Crippen LogP contribution in [0.3, 0.4) is 0 Å². The van der Waals surface area contributed by atoms with Crippen LogP contribution < -0.4 is 10.5 Å². The SMILES string of the molecule is N#Cc1ccc(Oc2ccc(CN)cc2F)c([N+](=O)[O-])c1. The van der Waals surface area contributed by atoms with Gasteiger partial charge in [-0.25, -0.2) is 4.39 Å². The fourth-order valence-corrected chi connectivity index (χ4v) is 1.69. The van der Waals surface area contributed by atoms with Gasteiger partial charge in [-0.05, 0) is 29.8 Å². The van der Waals surface area contributed by atoms with Gasteiger partial charge in [-0.15, -0.1) is 0 Å². The highest BCUT2D eigenvalue weighted by atomic mass is 19.1. The number of benzene rings is 2. The highest BCUT2D eigenvalue weighted by molar-refractivity contribution is 5.53. The Kier molecular flexibility index (Phi) is 4.11. The smallest absolute Gasteiger partial charge is 0.312 e. The van der Waals surface area contributed by atoms with Crippen molar-refractivity contribution in [3.8, 4) is 17.6 Å². The molecule has 0 aromatic heterocycles. The topological polar surface area (TPSA) is 102 Å². The van der Waals surface area contributed by atoms with Gasteiger partial charge in [0.25, 0.3) is 0 Å². The number of nitrogens with two attached hydrogens (primary N) is 1. The maximum atomic E-state index is 13.8. The van der Waals surface area contributed by atoms with Crippen LogP contribution >= 0.6 is 0 Å². The van der Waals surface area contributed by atoms with Crippen LogP contribution in [0.1, 0.15) is 11.1 Å². The molecule has 0 unspecified atom stereocenters. The van der Waals surface area contributed by atoms with Crippen molar-refractivity contribution in [3.63, 3.8) is 0 Å². The fraction of sp³-hybridized carbons (Fsp3) is 0.0714. The first-order valence-electron chi connectivity index (χ1n) is 5.90. The zero-order valence-corrected chi connectivity index (χ0v) is 10.7. The molecule has 0 radical (unpaired) electrons. The van der Waals surface area contributed by atoms with E-state index in [1.54, 1.807) is 12.1 Å². The Bertz CT molecular complexity index is 741. The van der Waals surface area contributed by atoms with Crippen molar-refractivity contribution in [2.24, 2.45) is 5.73 Å². The molecule has 21 heavy (non-hydrogen) atoms. The monoisotopic (exact) mass is 287 g/mol. The van der Waals surface area contributed by atoms with E-state index in [4.69, 9.17) is 15.7 Å². The lowest BCUT2D eigenvalue weighted by Crippen LogP contribution is -1.99. The number of nitrogens with zero attached hydrogens (tertiary/aromatic N) is 2. The molecule has 2 aromatic rings.